The number of hydrogen-bond donors (Lipinski definition) is 2. The number of nitrogens with one attached hydrogen (secondary N) is 2. The summed E-state index contributed by atoms with van der Waals surface area (Å²) in [5.41, 5.74) is 1.27. The molecule has 1 unspecified atom stereocenters. The van der Waals surface area contributed by atoms with Gasteiger partial charge in [-0.1, -0.05) is 49.6 Å². The Kier molecular flexibility index (Phi) is 14.0. The van der Waals surface area contributed by atoms with Crippen LogP contribution in [0, 0.1) is 0 Å². The summed E-state index contributed by atoms with van der Waals surface area (Å²) < 4.78 is 0. The van der Waals surface area contributed by atoms with E-state index in [2.05, 4.69) is 65.8 Å². The molecule has 1 aromatic carbocycles. The second-order valence-corrected chi connectivity index (χ2v) is 6.35. The molecule has 2 N–H and O–H groups in total. The second-order valence-electron chi connectivity index (χ2n) is 6.35. The van der Waals surface area contributed by atoms with E-state index in [1.807, 2.05) is 13.1 Å². The van der Waals surface area contributed by atoms with Gasteiger partial charge in [-0.15, -0.1) is 24.0 Å². The predicted octanol–water partition coefficient (Wildman–Crippen LogP) is 4.04. The molecule has 0 spiro atoms. The van der Waals surface area contributed by atoms with Crippen LogP contribution in [0.4, 0.5) is 0 Å². The first-order chi connectivity index (χ1) is 11.1. The van der Waals surface area contributed by atoms with Gasteiger partial charge in [0.15, 0.2) is 5.96 Å². The summed E-state index contributed by atoms with van der Waals surface area (Å²) in [5.74, 6) is 0.883. The van der Waals surface area contributed by atoms with Crippen molar-refractivity contribution < 1.29 is 0 Å². The molecule has 0 fully saturated rings. The van der Waals surface area contributed by atoms with E-state index in [0.717, 1.165) is 12.5 Å². The molecular formula is C19H35IN4. The smallest absolute Gasteiger partial charge is 0.191 e. The highest BCUT2D eigenvalue weighted by Gasteiger charge is 2.06. The van der Waals surface area contributed by atoms with Crippen LogP contribution in [-0.4, -0.2) is 45.1 Å². The lowest BCUT2D eigenvalue weighted by atomic mass is 10.1. The topological polar surface area (TPSA) is 39.7 Å². The van der Waals surface area contributed by atoms with Crippen molar-refractivity contribution in [1.29, 1.82) is 0 Å². The van der Waals surface area contributed by atoms with Gasteiger partial charge in [-0.2, -0.15) is 0 Å². The summed E-state index contributed by atoms with van der Waals surface area (Å²) in [4.78, 5) is 6.56. The lowest BCUT2D eigenvalue weighted by molar-refractivity contribution is 0.389. The first-order valence-electron chi connectivity index (χ1n) is 8.80. The maximum atomic E-state index is 4.31. The molecule has 24 heavy (non-hydrogen) atoms. The third-order valence-corrected chi connectivity index (χ3v) is 3.95. The largest absolute Gasteiger partial charge is 0.356 e. The second kappa shape index (κ2) is 14.5. The van der Waals surface area contributed by atoms with Crippen LogP contribution < -0.4 is 10.6 Å². The number of rotatable bonds is 10. The highest BCUT2D eigenvalue weighted by atomic mass is 127. The van der Waals surface area contributed by atoms with Crippen molar-refractivity contribution in [3.05, 3.63) is 35.9 Å². The molecule has 4 nitrogen and oxygen atoms in total. The van der Waals surface area contributed by atoms with Crippen molar-refractivity contribution in [1.82, 2.24) is 15.5 Å². The molecule has 0 aliphatic heterocycles. The fourth-order valence-corrected chi connectivity index (χ4v) is 2.51. The molecule has 5 heteroatoms. The molecule has 1 atom stereocenters. The predicted molar refractivity (Wildman–Crippen MR) is 116 cm³/mol. The molecule has 138 valence electrons. The number of halogens is 1. The minimum Gasteiger partial charge on any atom is -0.356 e. The quantitative estimate of drug-likeness (QED) is 0.247. The third kappa shape index (κ3) is 10.9. The maximum Gasteiger partial charge on any atom is 0.191 e. The fraction of sp³-hybridized carbons (Fsp3) is 0.632. The Morgan fingerprint density at radius 3 is 2.29 bits per heavy atom. The van der Waals surface area contributed by atoms with Gasteiger partial charge < -0.3 is 15.5 Å². The van der Waals surface area contributed by atoms with E-state index in [1.165, 1.54) is 44.2 Å². The summed E-state index contributed by atoms with van der Waals surface area (Å²) in [6.45, 7) is 4.34. The van der Waals surface area contributed by atoms with Crippen molar-refractivity contribution >= 4 is 29.9 Å². The first kappa shape index (κ1) is 23.2. The zero-order valence-corrected chi connectivity index (χ0v) is 18.0. The van der Waals surface area contributed by atoms with E-state index >= 15 is 0 Å². The fourth-order valence-electron chi connectivity index (χ4n) is 2.51. The average Bonchev–Trinajstić information content (AvgIpc) is 2.56. The molecule has 0 aromatic heterocycles. The van der Waals surface area contributed by atoms with E-state index < -0.39 is 0 Å². The Hall–Kier alpha value is -0.820. The molecular weight excluding hydrogens is 411 g/mol. The van der Waals surface area contributed by atoms with Crippen LogP contribution in [0.1, 0.15) is 50.6 Å². The van der Waals surface area contributed by atoms with Gasteiger partial charge in [0.2, 0.25) is 0 Å². The average molecular weight is 446 g/mol. The van der Waals surface area contributed by atoms with Crippen molar-refractivity contribution in [3.8, 4) is 0 Å². The van der Waals surface area contributed by atoms with Gasteiger partial charge in [-0.05, 0) is 46.0 Å². The molecule has 0 amide bonds. The van der Waals surface area contributed by atoms with Crippen molar-refractivity contribution in [2.45, 2.75) is 45.1 Å². The molecule has 0 saturated heterocycles. The van der Waals surface area contributed by atoms with E-state index in [1.54, 1.807) is 0 Å². The molecule has 0 aliphatic carbocycles. The van der Waals surface area contributed by atoms with Gasteiger partial charge in [-0.25, -0.2) is 0 Å². The zero-order valence-electron chi connectivity index (χ0n) is 15.7. The maximum absolute atomic E-state index is 4.31. The molecule has 0 radical (unpaired) electrons. The van der Waals surface area contributed by atoms with E-state index in [4.69, 9.17) is 0 Å². The molecule has 0 saturated carbocycles. The van der Waals surface area contributed by atoms with Crippen LogP contribution in [0.5, 0.6) is 0 Å². The number of guanidine groups is 1. The Balaban J connectivity index is 0.00000529. The monoisotopic (exact) mass is 446 g/mol. The van der Waals surface area contributed by atoms with Crippen LogP contribution in [0.15, 0.2) is 35.3 Å². The van der Waals surface area contributed by atoms with Gasteiger partial charge in [0.1, 0.15) is 0 Å². The van der Waals surface area contributed by atoms with Crippen molar-refractivity contribution in [2.24, 2.45) is 4.99 Å². The highest BCUT2D eigenvalue weighted by molar-refractivity contribution is 14.0. The van der Waals surface area contributed by atoms with E-state index in [-0.39, 0.29) is 30.0 Å². The van der Waals surface area contributed by atoms with Gasteiger partial charge in [0.25, 0.3) is 0 Å². The summed E-state index contributed by atoms with van der Waals surface area (Å²) in [6, 6.07) is 10.7. The first-order valence-corrected chi connectivity index (χ1v) is 8.80. The number of unbranched alkanes of at least 4 members (excludes halogenated alkanes) is 4. The number of aliphatic imine (C=N–C) groups is 1. The van der Waals surface area contributed by atoms with Crippen molar-refractivity contribution in [3.63, 3.8) is 0 Å². The highest BCUT2D eigenvalue weighted by Crippen LogP contribution is 2.10. The van der Waals surface area contributed by atoms with Gasteiger partial charge in [0.05, 0.1) is 6.04 Å². The van der Waals surface area contributed by atoms with E-state index in [0.29, 0.717) is 0 Å². The van der Waals surface area contributed by atoms with Crippen molar-refractivity contribution in [2.75, 3.05) is 34.2 Å². The zero-order chi connectivity index (χ0) is 16.9. The normalized spacial score (nSPS) is 12.6. The Labute approximate surface area is 165 Å². The van der Waals surface area contributed by atoms with Gasteiger partial charge in [-0.3, -0.25) is 4.99 Å². The minimum absolute atomic E-state index is 0. The minimum atomic E-state index is 0. The third-order valence-electron chi connectivity index (χ3n) is 3.95. The Bertz CT molecular complexity index is 434. The van der Waals surface area contributed by atoms with Crippen LogP contribution in [0.2, 0.25) is 0 Å². The van der Waals surface area contributed by atoms with Crippen LogP contribution in [-0.2, 0) is 0 Å². The molecule has 0 aliphatic rings. The summed E-state index contributed by atoms with van der Waals surface area (Å²) in [6.07, 6.45) is 6.43. The summed E-state index contributed by atoms with van der Waals surface area (Å²) in [7, 11) is 6.10. The van der Waals surface area contributed by atoms with Crippen LogP contribution in [0.25, 0.3) is 0 Å². The lowest BCUT2D eigenvalue weighted by Gasteiger charge is -2.18. The van der Waals surface area contributed by atoms with Gasteiger partial charge >= 0.3 is 0 Å². The van der Waals surface area contributed by atoms with Crippen LogP contribution >= 0.6 is 24.0 Å². The number of nitrogens with zero attached hydrogens (tertiary/aromatic N) is 2. The number of hydrogen-bond acceptors (Lipinski definition) is 2. The standard InChI is InChI=1S/C19H34N4.HI/c1-17(18-13-9-8-10-14-18)22-19(20-2)21-15-11-6-5-7-12-16-23(3)4;/h8-10,13-14,17H,5-7,11-12,15-16H2,1-4H3,(H2,20,21,22);1H. The lowest BCUT2D eigenvalue weighted by Crippen LogP contribution is -2.39. The molecule has 1 rings (SSSR count). The SMILES string of the molecule is CN=C(NCCCCCCCN(C)C)NC(C)c1ccccc1.I. The molecule has 0 heterocycles. The van der Waals surface area contributed by atoms with E-state index in [9.17, 15) is 0 Å². The number of benzene rings is 1. The Morgan fingerprint density at radius 1 is 1.04 bits per heavy atom. The molecule has 1 aromatic rings. The van der Waals surface area contributed by atoms with Crippen LogP contribution in [0.3, 0.4) is 0 Å². The Morgan fingerprint density at radius 2 is 1.67 bits per heavy atom. The summed E-state index contributed by atoms with van der Waals surface area (Å²) in [5, 5.41) is 6.85. The van der Waals surface area contributed by atoms with Gasteiger partial charge in [0, 0.05) is 13.6 Å². The molecule has 0 bridgehead atoms. The summed E-state index contributed by atoms with van der Waals surface area (Å²) >= 11 is 0.